The molecule has 13 nitrogen and oxygen atoms in total. The Bertz CT molecular complexity index is 872. The summed E-state index contributed by atoms with van der Waals surface area (Å²) >= 11 is 0. The van der Waals surface area contributed by atoms with Gasteiger partial charge in [-0.2, -0.15) is 26.3 Å². The van der Waals surface area contributed by atoms with Gasteiger partial charge in [-0.25, -0.2) is 16.8 Å². The topological polar surface area (TPSA) is 308 Å². The van der Waals surface area contributed by atoms with E-state index in [1.54, 1.807) is 7.11 Å². The molecule has 1 aliphatic rings. The van der Waals surface area contributed by atoms with Crippen LogP contribution < -0.4 is 35.5 Å². The first-order valence-corrected chi connectivity index (χ1v) is 10.9. The predicted octanol–water partition coefficient (Wildman–Crippen LogP) is 4.02. The molecule has 15 N–H and O–H groups in total. The summed E-state index contributed by atoms with van der Waals surface area (Å²) < 4.78 is 129. The van der Waals surface area contributed by atoms with Crippen molar-refractivity contribution in [2.45, 2.75) is 42.3 Å². The predicted molar refractivity (Wildman–Crippen MR) is 117 cm³/mol. The molecule has 0 spiro atoms. The third kappa shape index (κ3) is 17.1. The minimum Gasteiger partial charge on any atom is -0.741 e. The van der Waals surface area contributed by atoms with Crippen molar-refractivity contribution in [1.82, 2.24) is 30.8 Å². The average Bonchev–Trinajstić information content (AvgIpc) is 3.10. The number of benzene rings is 1. The molecule has 37 heavy (non-hydrogen) atoms. The Labute approximate surface area is 224 Å². The van der Waals surface area contributed by atoms with Gasteiger partial charge in [-0.05, 0) is 30.5 Å². The summed E-state index contributed by atoms with van der Waals surface area (Å²) in [6.07, 6.45) is 4.80. The number of methoxy groups -OCH3 is 2. The summed E-state index contributed by atoms with van der Waals surface area (Å²) in [6, 6.07) is 8.25. The molecule has 228 valence electrons. The number of alkyl halides is 6. The SMILES string of the molecule is COc1ccc(C2(OC)CCCC2)cc1.N.N.N.N.N.O=S(=O)([O-])C(F)(F)F.O=S(=O)([O-])C(F)(F)F.[Os+2]. The maximum absolute atomic E-state index is 10.7. The van der Waals surface area contributed by atoms with Gasteiger partial charge in [0, 0.05) is 7.11 Å². The van der Waals surface area contributed by atoms with E-state index in [-0.39, 0.29) is 56.1 Å². The van der Waals surface area contributed by atoms with E-state index in [9.17, 15) is 26.3 Å². The second-order valence-corrected chi connectivity index (χ2v) is 8.68. The van der Waals surface area contributed by atoms with Crippen molar-refractivity contribution < 1.29 is 81.5 Å². The summed E-state index contributed by atoms with van der Waals surface area (Å²) in [5, 5.41) is 0. The Morgan fingerprint density at radius 1 is 0.730 bits per heavy atom. The Kier molecular flexibility index (Phi) is 28.0. The van der Waals surface area contributed by atoms with Crippen LogP contribution in [0.15, 0.2) is 24.3 Å². The van der Waals surface area contributed by atoms with Crippen LogP contribution in [-0.4, -0.2) is 51.2 Å². The largest absolute Gasteiger partial charge is 2.00 e. The van der Waals surface area contributed by atoms with E-state index < -0.39 is 31.3 Å². The Hall–Kier alpha value is -1.18. The van der Waals surface area contributed by atoms with E-state index in [4.69, 9.17) is 35.4 Å². The van der Waals surface area contributed by atoms with Gasteiger partial charge >= 0.3 is 30.8 Å². The molecule has 0 heterocycles. The molecule has 0 bridgehead atoms. The summed E-state index contributed by atoms with van der Waals surface area (Å²) in [6.45, 7) is 0. The van der Waals surface area contributed by atoms with Gasteiger partial charge in [0.05, 0.1) is 12.7 Å². The van der Waals surface area contributed by atoms with Crippen molar-refractivity contribution in [2.75, 3.05) is 14.2 Å². The molecular formula is C15H33F6N5O8OsS2. The summed E-state index contributed by atoms with van der Waals surface area (Å²) in [4.78, 5) is 0. The molecule has 1 aromatic carbocycles. The van der Waals surface area contributed by atoms with E-state index in [0.717, 1.165) is 18.6 Å². The van der Waals surface area contributed by atoms with Crippen molar-refractivity contribution >= 4 is 20.2 Å². The Morgan fingerprint density at radius 3 is 1.19 bits per heavy atom. The molecule has 0 aromatic heterocycles. The molecule has 22 heteroatoms. The molecule has 0 radical (unpaired) electrons. The fourth-order valence-corrected chi connectivity index (χ4v) is 2.45. The maximum Gasteiger partial charge on any atom is 2.00 e. The van der Waals surface area contributed by atoms with E-state index in [1.807, 2.05) is 19.2 Å². The van der Waals surface area contributed by atoms with Crippen molar-refractivity contribution in [3.05, 3.63) is 29.8 Å². The smallest absolute Gasteiger partial charge is 0.741 e. The van der Waals surface area contributed by atoms with E-state index in [1.165, 1.54) is 18.4 Å². The van der Waals surface area contributed by atoms with Gasteiger partial charge in [0.15, 0.2) is 20.2 Å². The fraction of sp³-hybridized carbons (Fsp3) is 0.600. The van der Waals surface area contributed by atoms with E-state index in [0.29, 0.717) is 0 Å². The number of hydrogen-bond donors (Lipinski definition) is 5. The van der Waals surface area contributed by atoms with Crippen LogP contribution in [-0.2, 0) is 50.4 Å². The van der Waals surface area contributed by atoms with Crippen molar-refractivity contribution in [2.24, 2.45) is 0 Å². The second-order valence-electron chi connectivity index (χ2n) is 5.93. The number of rotatable bonds is 3. The van der Waals surface area contributed by atoms with Crippen LogP contribution in [0.5, 0.6) is 5.75 Å². The standard InChI is InChI=1S/C13H18O2.2CHF3O3S.5H3N.Os/c1-14-12-7-5-11(6-8-12)13(15-2)9-3-4-10-13;2*2-1(3,4)8(5,6)7;;;;;;/h5-8H,3-4,9-10H2,1-2H3;2*(H,5,6,7);5*1H3;/q;;;;;;;;+2/p-2. The summed E-state index contributed by atoms with van der Waals surface area (Å²) in [5.74, 6) is 0.906. The molecule has 1 fully saturated rings. The quantitative estimate of drug-likeness (QED) is 0.165. The molecule has 0 unspecified atom stereocenters. The molecule has 2 rings (SSSR count). The molecule has 1 aromatic rings. The van der Waals surface area contributed by atoms with Gasteiger partial charge in [-0.1, -0.05) is 25.0 Å². The van der Waals surface area contributed by atoms with Crippen LogP contribution in [0.1, 0.15) is 31.2 Å². The van der Waals surface area contributed by atoms with Crippen molar-refractivity contribution in [1.29, 1.82) is 0 Å². The minimum atomic E-state index is -6.09. The van der Waals surface area contributed by atoms with Gasteiger partial charge in [0.2, 0.25) is 0 Å². The molecule has 1 aliphatic carbocycles. The first-order valence-electron chi connectivity index (χ1n) is 8.05. The van der Waals surface area contributed by atoms with Crippen LogP contribution in [0, 0.1) is 0 Å². The van der Waals surface area contributed by atoms with Gasteiger partial charge in [-0.15, -0.1) is 0 Å². The monoisotopic (exact) mass is 781 g/mol. The fourth-order valence-electron chi connectivity index (χ4n) is 2.45. The van der Waals surface area contributed by atoms with Crippen molar-refractivity contribution in [3.8, 4) is 5.75 Å². The number of hydrogen-bond acceptors (Lipinski definition) is 13. The number of halogens is 6. The van der Waals surface area contributed by atoms with Crippen LogP contribution in [0.4, 0.5) is 26.3 Å². The Balaban J connectivity index is -0.0000000726. The van der Waals surface area contributed by atoms with Gasteiger partial charge < -0.3 is 49.3 Å². The number of ether oxygens (including phenoxy) is 2. The van der Waals surface area contributed by atoms with Crippen LogP contribution in [0.3, 0.4) is 0 Å². The minimum absolute atomic E-state index is 0. The first-order chi connectivity index (χ1) is 13.8. The molecule has 1 saturated carbocycles. The third-order valence-corrected chi connectivity index (χ3v) is 5.12. The molecule has 0 atom stereocenters. The zero-order valence-electron chi connectivity index (χ0n) is 19.9. The maximum atomic E-state index is 10.7. The molecule has 0 amide bonds. The molecular weight excluding hydrogens is 747 g/mol. The zero-order valence-corrected chi connectivity index (χ0v) is 24.1. The summed E-state index contributed by atoms with van der Waals surface area (Å²) in [5.41, 5.74) is -10.0. The van der Waals surface area contributed by atoms with Crippen LogP contribution >= 0.6 is 0 Å². The summed E-state index contributed by atoms with van der Waals surface area (Å²) in [7, 11) is -8.67. The van der Waals surface area contributed by atoms with Crippen LogP contribution in [0.2, 0.25) is 0 Å². The third-order valence-electron chi connectivity index (χ3n) is 3.99. The Morgan fingerprint density at radius 2 is 1.00 bits per heavy atom. The molecule has 0 aliphatic heterocycles. The molecule has 0 saturated heterocycles. The average molecular weight is 780 g/mol. The van der Waals surface area contributed by atoms with E-state index >= 15 is 0 Å². The van der Waals surface area contributed by atoms with Crippen LogP contribution in [0.25, 0.3) is 0 Å². The van der Waals surface area contributed by atoms with Crippen molar-refractivity contribution in [3.63, 3.8) is 0 Å². The van der Waals surface area contributed by atoms with Gasteiger partial charge in [0.1, 0.15) is 5.75 Å². The first kappa shape index (κ1) is 52.3. The normalized spacial score (nSPS) is 13.8. The second kappa shape index (κ2) is 19.8. The van der Waals surface area contributed by atoms with Gasteiger partial charge in [-0.3, -0.25) is 0 Å². The zero-order chi connectivity index (χ0) is 24.7. The van der Waals surface area contributed by atoms with Gasteiger partial charge in [0.25, 0.3) is 0 Å². The van der Waals surface area contributed by atoms with E-state index in [2.05, 4.69) is 12.1 Å².